The molecule has 1 fully saturated rings. The van der Waals surface area contributed by atoms with E-state index >= 15 is 0 Å². The maximum Gasteiger partial charge on any atom is 0.152 e. The Labute approximate surface area is 153 Å². The van der Waals surface area contributed by atoms with Crippen LogP contribution in [0.2, 0.25) is 0 Å². The van der Waals surface area contributed by atoms with Crippen molar-refractivity contribution in [1.29, 1.82) is 0 Å². The van der Waals surface area contributed by atoms with Gasteiger partial charge in [-0.1, -0.05) is 12.1 Å². The fraction of sp³-hybridized carbons (Fsp3) is 0.450. The predicted octanol–water partition coefficient (Wildman–Crippen LogP) is 1.95. The van der Waals surface area contributed by atoms with E-state index in [1.807, 2.05) is 31.2 Å². The number of piperidine rings is 1. The summed E-state index contributed by atoms with van der Waals surface area (Å²) in [5.41, 5.74) is 0.183. The fourth-order valence-electron chi connectivity index (χ4n) is 3.55. The second-order valence-electron chi connectivity index (χ2n) is 6.99. The first kappa shape index (κ1) is 18.2. The summed E-state index contributed by atoms with van der Waals surface area (Å²) >= 11 is 0. The zero-order chi connectivity index (χ0) is 18.6. The van der Waals surface area contributed by atoms with Crippen molar-refractivity contribution in [2.75, 3.05) is 20.2 Å². The molecule has 1 unspecified atom stereocenters. The molecule has 1 N–H and O–H groups in total. The van der Waals surface area contributed by atoms with Crippen molar-refractivity contribution < 1.29 is 14.3 Å². The summed E-state index contributed by atoms with van der Waals surface area (Å²) in [4.78, 5) is 30.7. The maximum absolute atomic E-state index is 12.7. The monoisotopic (exact) mass is 355 g/mol. The largest absolute Gasteiger partial charge is 0.497 e. The first-order valence-electron chi connectivity index (χ1n) is 8.93. The number of methoxy groups -OCH3 is 1. The van der Waals surface area contributed by atoms with Crippen molar-refractivity contribution in [3.8, 4) is 5.75 Å². The van der Waals surface area contributed by atoms with Gasteiger partial charge in [0.1, 0.15) is 22.9 Å². The van der Waals surface area contributed by atoms with Gasteiger partial charge in [0.25, 0.3) is 0 Å². The number of rotatable bonds is 5. The van der Waals surface area contributed by atoms with E-state index in [0.29, 0.717) is 6.42 Å². The molecule has 0 aliphatic carbocycles. The lowest BCUT2D eigenvalue weighted by molar-refractivity contribution is -0.123. The number of aliphatic imine (C=N–C) groups is 1. The van der Waals surface area contributed by atoms with Crippen molar-refractivity contribution in [2.24, 2.45) is 10.9 Å². The normalized spacial score (nSPS) is 23.2. The molecule has 0 spiro atoms. The number of ether oxygens (including phenoxy) is 1. The zero-order valence-corrected chi connectivity index (χ0v) is 15.3. The first-order chi connectivity index (χ1) is 12.6. The molecule has 3 rings (SSSR count). The Hall–Kier alpha value is -2.63. The Morgan fingerprint density at radius 2 is 2.19 bits per heavy atom. The second kappa shape index (κ2) is 7.72. The fourth-order valence-corrected chi connectivity index (χ4v) is 3.55. The summed E-state index contributed by atoms with van der Waals surface area (Å²) in [5, 5.41) is 3.07. The third kappa shape index (κ3) is 3.79. The van der Waals surface area contributed by atoms with Crippen LogP contribution in [-0.2, 0) is 16.0 Å². The standard InChI is InChI=1S/C20H25N3O3/c1-20(14-24)19(21-8-9-22-20)23-10-6-16(7-11-23)18(25)13-15-4-3-5-17(12-15)26-2/h3-5,8-9,12,14,16,22H,6-7,10-11,13H2,1-2H3. The third-order valence-electron chi connectivity index (χ3n) is 5.12. The first-order valence-corrected chi connectivity index (χ1v) is 8.93. The molecule has 1 aromatic carbocycles. The molecule has 6 heteroatoms. The molecule has 26 heavy (non-hydrogen) atoms. The van der Waals surface area contributed by atoms with Crippen molar-refractivity contribution in [2.45, 2.75) is 31.7 Å². The number of carbonyl (C=O) groups is 2. The van der Waals surface area contributed by atoms with Crippen LogP contribution in [0.15, 0.2) is 41.7 Å². The number of Topliss-reactive ketones (excluding diaryl/α,β-unsaturated/α-hetero) is 1. The highest BCUT2D eigenvalue weighted by atomic mass is 16.5. The topological polar surface area (TPSA) is 71.0 Å². The summed E-state index contributed by atoms with van der Waals surface area (Å²) in [6, 6.07) is 7.66. The van der Waals surface area contributed by atoms with E-state index in [2.05, 4.69) is 15.2 Å². The van der Waals surface area contributed by atoms with Crippen LogP contribution in [0.5, 0.6) is 5.75 Å². The number of hydrogen-bond acceptors (Lipinski definition) is 6. The number of benzene rings is 1. The quantitative estimate of drug-likeness (QED) is 0.818. The van der Waals surface area contributed by atoms with Crippen molar-refractivity contribution in [3.05, 3.63) is 42.2 Å². The van der Waals surface area contributed by atoms with Gasteiger partial charge in [-0.2, -0.15) is 0 Å². The van der Waals surface area contributed by atoms with Crippen LogP contribution in [0.1, 0.15) is 25.3 Å². The number of likely N-dealkylation sites (tertiary alicyclic amines) is 1. The van der Waals surface area contributed by atoms with E-state index in [1.54, 1.807) is 19.5 Å². The van der Waals surface area contributed by atoms with Gasteiger partial charge in [-0.15, -0.1) is 0 Å². The van der Waals surface area contributed by atoms with Gasteiger partial charge in [-0.25, -0.2) is 4.99 Å². The number of nitrogens with zero attached hydrogens (tertiary/aromatic N) is 2. The Balaban J connectivity index is 1.59. The molecule has 0 amide bonds. The molecule has 1 atom stereocenters. The molecule has 0 saturated carbocycles. The number of ketones is 1. The third-order valence-corrected chi connectivity index (χ3v) is 5.12. The van der Waals surface area contributed by atoms with E-state index in [0.717, 1.165) is 49.4 Å². The molecule has 2 aliphatic heterocycles. The van der Waals surface area contributed by atoms with Crippen molar-refractivity contribution in [3.63, 3.8) is 0 Å². The minimum atomic E-state index is -0.799. The lowest BCUT2D eigenvalue weighted by atomic mass is 9.88. The van der Waals surface area contributed by atoms with Crippen molar-refractivity contribution >= 4 is 17.9 Å². The average Bonchev–Trinajstić information content (AvgIpc) is 2.68. The zero-order valence-electron chi connectivity index (χ0n) is 15.3. The Morgan fingerprint density at radius 1 is 1.42 bits per heavy atom. The molecule has 0 aromatic heterocycles. The van der Waals surface area contributed by atoms with Crippen LogP contribution in [0.3, 0.4) is 0 Å². The highest BCUT2D eigenvalue weighted by Gasteiger charge is 2.36. The van der Waals surface area contributed by atoms with E-state index in [1.165, 1.54) is 0 Å². The lowest BCUT2D eigenvalue weighted by Crippen LogP contribution is -2.58. The Bertz CT molecular complexity index is 736. The molecular weight excluding hydrogens is 330 g/mol. The Morgan fingerprint density at radius 3 is 2.88 bits per heavy atom. The molecule has 138 valence electrons. The van der Waals surface area contributed by atoms with Crippen LogP contribution in [-0.4, -0.2) is 48.5 Å². The van der Waals surface area contributed by atoms with Crippen LogP contribution < -0.4 is 10.1 Å². The molecule has 0 bridgehead atoms. The van der Waals surface area contributed by atoms with Gasteiger partial charge >= 0.3 is 0 Å². The minimum Gasteiger partial charge on any atom is -0.497 e. The van der Waals surface area contributed by atoms with Gasteiger partial charge < -0.3 is 19.7 Å². The number of amidine groups is 1. The van der Waals surface area contributed by atoms with Crippen LogP contribution in [0.4, 0.5) is 0 Å². The van der Waals surface area contributed by atoms with Gasteiger partial charge in [0.2, 0.25) is 0 Å². The molecular formula is C20H25N3O3. The van der Waals surface area contributed by atoms with Crippen molar-refractivity contribution in [1.82, 2.24) is 10.2 Å². The molecule has 6 nitrogen and oxygen atoms in total. The van der Waals surface area contributed by atoms with Gasteiger partial charge in [0.05, 0.1) is 7.11 Å². The molecule has 2 heterocycles. The van der Waals surface area contributed by atoms with Gasteiger partial charge in [0.15, 0.2) is 6.29 Å². The van der Waals surface area contributed by atoms with Crippen LogP contribution in [0.25, 0.3) is 0 Å². The highest BCUT2D eigenvalue weighted by Crippen LogP contribution is 2.24. The van der Waals surface area contributed by atoms with Crippen LogP contribution in [0, 0.1) is 5.92 Å². The Kier molecular flexibility index (Phi) is 5.40. The van der Waals surface area contributed by atoms with Crippen LogP contribution >= 0.6 is 0 Å². The number of aldehydes is 1. The number of carbonyl (C=O) groups excluding carboxylic acids is 2. The summed E-state index contributed by atoms with van der Waals surface area (Å²) < 4.78 is 5.22. The second-order valence-corrected chi connectivity index (χ2v) is 6.99. The summed E-state index contributed by atoms with van der Waals surface area (Å²) in [7, 11) is 1.63. The minimum absolute atomic E-state index is 0.0487. The molecule has 1 aromatic rings. The molecule has 0 radical (unpaired) electrons. The number of hydrogen-bond donors (Lipinski definition) is 1. The van der Waals surface area contributed by atoms with Gasteiger partial charge in [-0.3, -0.25) is 4.79 Å². The SMILES string of the molecule is COc1cccc(CC(=O)C2CCN(C3=NC=CNC3(C)C=O)CC2)c1. The summed E-state index contributed by atoms with van der Waals surface area (Å²) in [6.45, 7) is 3.28. The molecule has 2 aliphatic rings. The highest BCUT2D eigenvalue weighted by molar-refractivity contribution is 6.05. The van der Waals surface area contributed by atoms with Gasteiger partial charge in [-0.05, 0) is 37.5 Å². The van der Waals surface area contributed by atoms with E-state index in [9.17, 15) is 9.59 Å². The number of nitrogens with one attached hydrogen (secondary N) is 1. The molecule has 1 saturated heterocycles. The maximum atomic E-state index is 12.7. The smallest absolute Gasteiger partial charge is 0.152 e. The van der Waals surface area contributed by atoms with E-state index < -0.39 is 5.54 Å². The van der Waals surface area contributed by atoms with Gasteiger partial charge in [0, 0.05) is 37.8 Å². The summed E-state index contributed by atoms with van der Waals surface area (Å²) in [5.74, 6) is 1.81. The average molecular weight is 355 g/mol. The predicted molar refractivity (Wildman–Crippen MR) is 100 cm³/mol. The summed E-state index contributed by atoms with van der Waals surface area (Å²) in [6.07, 6.45) is 6.22. The van der Waals surface area contributed by atoms with E-state index in [4.69, 9.17) is 4.74 Å². The van der Waals surface area contributed by atoms with E-state index in [-0.39, 0.29) is 11.7 Å². The lowest BCUT2D eigenvalue weighted by Gasteiger charge is -2.40.